The minimum absolute atomic E-state index is 0.466. The van der Waals surface area contributed by atoms with E-state index in [4.69, 9.17) is 5.73 Å². The van der Waals surface area contributed by atoms with Gasteiger partial charge in [-0.05, 0) is 35.4 Å². The van der Waals surface area contributed by atoms with E-state index in [1.54, 1.807) is 0 Å². The summed E-state index contributed by atoms with van der Waals surface area (Å²) >= 11 is 0. The van der Waals surface area contributed by atoms with Gasteiger partial charge in [0.25, 0.3) is 0 Å². The lowest BCUT2D eigenvalue weighted by atomic mass is 9.99. The van der Waals surface area contributed by atoms with E-state index in [-0.39, 0.29) is 0 Å². The largest absolute Gasteiger partial charge is 0.378 e. The van der Waals surface area contributed by atoms with Gasteiger partial charge in [-0.1, -0.05) is 18.2 Å². The average molecular weight is 262 g/mol. The molecule has 0 bridgehead atoms. The van der Waals surface area contributed by atoms with Crippen LogP contribution < -0.4 is 10.6 Å². The van der Waals surface area contributed by atoms with Gasteiger partial charge in [0.2, 0.25) is 0 Å². The van der Waals surface area contributed by atoms with Crippen molar-refractivity contribution < 1.29 is 8.78 Å². The van der Waals surface area contributed by atoms with Crippen LogP contribution in [0.2, 0.25) is 0 Å². The van der Waals surface area contributed by atoms with Crippen molar-refractivity contribution in [2.75, 3.05) is 19.0 Å². The Labute approximate surface area is 111 Å². The molecule has 0 heterocycles. The van der Waals surface area contributed by atoms with Crippen LogP contribution in [0.3, 0.4) is 0 Å². The third-order valence-electron chi connectivity index (χ3n) is 3.07. The second-order valence-corrected chi connectivity index (χ2v) is 4.64. The topological polar surface area (TPSA) is 29.3 Å². The lowest BCUT2D eigenvalue weighted by Crippen LogP contribution is -2.13. The number of halogens is 2. The van der Waals surface area contributed by atoms with Gasteiger partial charge < -0.3 is 10.6 Å². The van der Waals surface area contributed by atoms with E-state index in [0.717, 1.165) is 23.4 Å². The first-order valence-corrected chi connectivity index (χ1v) is 5.97. The number of hydrogen-bond acceptors (Lipinski definition) is 2. The highest BCUT2D eigenvalue weighted by Gasteiger charge is 2.11. The van der Waals surface area contributed by atoms with Crippen LogP contribution in [0.25, 0.3) is 0 Å². The molecule has 0 aliphatic heterocycles. The third-order valence-corrected chi connectivity index (χ3v) is 3.07. The van der Waals surface area contributed by atoms with Crippen LogP contribution in [0, 0.1) is 11.6 Å². The minimum atomic E-state index is -0.877. The molecule has 0 saturated carbocycles. The van der Waals surface area contributed by atoms with Crippen molar-refractivity contribution in [2.45, 2.75) is 6.04 Å². The van der Waals surface area contributed by atoms with Crippen LogP contribution in [0.1, 0.15) is 17.2 Å². The van der Waals surface area contributed by atoms with Gasteiger partial charge in [0.15, 0.2) is 11.6 Å². The zero-order valence-electron chi connectivity index (χ0n) is 10.9. The Balaban J connectivity index is 2.27. The third kappa shape index (κ3) is 2.90. The summed E-state index contributed by atoms with van der Waals surface area (Å²) in [5, 5.41) is 0. The van der Waals surface area contributed by atoms with E-state index in [0.29, 0.717) is 5.56 Å². The molecule has 2 N–H and O–H groups in total. The molecule has 100 valence electrons. The molecular weight excluding hydrogens is 246 g/mol. The number of hydrogen-bond donors (Lipinski definition) is 1. The van der Waals surface area contributed by atoms with E-state index < -0.39 is 17.7 Å². The zero-order valence-corrected chi connectivity index (χ0v) is 10.9. The van der Waals surface area contributed by atoms with Crippen molar-refractivity contribution in [3.63, 3.8) is 0 Å². The molecule has 0 aliphatic carbocycles. The molecule has 19 heavy (non-hydrogen) atoms. The molecule has 0 amide bonds. The van der Waals surface area contributed by atoms with Gasteiger partial charge in [-0.2, -0.15) is 0 Å². The van der Waals surface area contributed by atoms with E-state index in [1.807, 2.05) is 43.3 Å². The van der Waals surface area contributed by atoms with Crippen LogP contribution in [-0.4, -0.2) is 14.1 Å². The van der Waals surface area contributed by atoms with Gasteiger partial charge in [-0.3, -0.25) is 0 Å². The molecule has 1 unspecified atom stereocenters. The van der Waals surface area contributed by atoms with E-state index in [2.05, 4.69) is 0 Å². The fourth-order valence-corrected chi connectivity index (χ4v) is 1.88. The zero-order chi connectivity index (χ0) is 14.0. The Morgan fingerprint density at radius 3 is 2.00 bits per heavy atom. The van der Waals surface area contributed by atoms with Crippen LogP contribution >= 0.6 is 0 Å². The normalized spacial score (nSPS) is 12.3. The summed E-state index contributed by atoms with van der Waals surface area (Å²) in [4.78, 5) is 1.98. The number of anilines is 1. The number of benzene rings is 2. The molecule has 0 aliphatic rings. The summed E-state index contributed by atoms with van der Waals surface area (Å²) in [7, 11) is 3.90. The second kappa shape index (κ2) is 5.36. The van der Waals surface area contributed by atoms with Crippen LogP contribution in [0.5, 0.6) is 0 Å². The SMILES string of the molecule is CN(C)c1ccc(C(N)c2ccc(F)c(F)c2)cc1. The standard InChI is InChI=1S/C15H16F2N2/c1-19(2)12-6-3-10(4-7-12)15(18)11-5-8-13(16)14(17)9-11/h3-9,15H,18H2,1-2H3. The van der Waals surface area contributed by atoms with E-state index in [1.165, 1.54) is 6.07 Å². The summed E-state index contributed by atoms with van der Waals surface area (Å²) in [6, 6.07) is 10.9. The van der Waals surface area contributed by atoms with Crippen LogP contribution in [-0.2, 0) is 0 Å². The quantitative estimate of drug-likeness (QED) is 0.921. The van der Waals surface area contributed by atoms with Gasteiger partial charge in [0.05, 0.1) is 6.04 Å². The molecule has 0 aromatic heterocycles. The summed E-state index contributed by atoms with van der Waals surface area (Å²) in [6.07, 6.45) is 0. The Hall–Kier alpha value is -1.94. The summed E-state index contributed by atoms with van der Waals surface area (Å²) < 4.78 is 26.1. The number of rotatable bonds is 3. The molecule has 4 heteroatoms. The smallest absolute Gasteiger partial charge is 0.159 e. The molecule has 2 rings (SSSR count). The fraction of sp³-hybridized carbons (Fsp3) is 0.200. The minimum Gasteiger partial charge on any atom is -0.378 e. The highest BCUT2D eigenvalue weighted by Crippen LogP contribution is 2.23. The molecule has 2 aromatic rings. The molecule has 1 atom stereocenters. The lowest BCUT2D eigenvalue weighted by Gasteiger charge is -2.16. The number of nitrogens with zero attached hydrogens (tertiary/aromatic N) is 1. The molecule has 0 radical (unpaired) electrons. The van der Waals surface area contributed by atoms with Crippen molar-refractivity contribution in [1.29, 1.82) is 0 Å². The molecule has 0 spiro atoms. The van der Waals surface area contributed by atoms with Crippen molar-refractivity contribution >= 4 is 5.69 Å². The maximum absolute atomic E-state index is 13.2. The van der Waals surface area contributed by atoms with E-state index >= 15 is 0 Å². The lowest BCUT2D eigenvalue weighted by molar-refractivity contribution is 0.506. The predicted octanol–water partition coefficient (Wildman–Crippen LogP) is 3.08. The Bertz CT molecular complexity index is 565. The maximum Gasteiger partial charge on any atom is 0.159 e. The molecular formula is C15H16F2N2. The van der Waals surface area contributed by atoms with E-state index in [9.17, 15) is 8.78 Å². The maximum atomic E-state index is 13.2. The highest BCUT2D eigenvalue weighted by atomic mass is 19.2. The van der Waals surface area contributed by atoms with Crippen molar-refractivity contribution in [3.05, 3.63) is 65.2 Å². The molecule has 2 aromatic carbocycles. The molecule has 2 nitrogen and oxygen atoms in total. The van der Waals surface area contributed by atoms with Crippen molar-refractivity contribution in [1.82, 2.24) is 0 Å². The predicted molar refractivity (Wildman–Crippen MR) is 73.2 cm³/mol. The summed E-state index contributed by atoms with van der Waals surface area (Å²) in [6.45, 7) is 0. The first-order valence-electron chi connectivity index (χ1n) is 5.97. The Morgan fingerprint density at radius 1 is 0.895 bits per heavy atom. The van der Waals surface area contributed by atoms with Gasteiger partial charge >= 0.3 is 0 Å². The highest BCUT2D eigenvalue weighted by molar-refractivity contribution is 5.47. The monoisotopic (exact) mass is 262 g/mol. The van der Waals surface area contributed by atoms with Gasteiger partial charge in [-0.25, -0.2) is 8.78 Å². The summed E-state index contributed by atoms with van der Waals surface area (Å²) in [5.41, 5.74) is 8.53. The van der Waals surface area contributed by atoms with Gasteiger partial charge in [-0.15, -0.1) is 0 Å². The van der Waals surface area contributed by atoms with Crippen molar-refractivity contribution in [2.24, 2.45) is 5.73 Å². The Morgan fingerprint density at radius 2 is 1.47 bits per heavy atom. The fourth-order valence-electron chi connectivity index (χ4n) is 1.88. The Kier molecular flexibility index (Phi) is 3.81. The molecule has 0 saturated heterocycles. The van der Waals surface area contributed by atoms with Crippen LogP contribution in [0.15, 0.2) is 42.5 Å². The van der Waals surface area contributed by atoms with Gasteiger partial charge in [0.1, 0.15) is 0 Å². The van der Waals surface area contributed by atoms with Gasteiger partial charge in [0, 0.05) is 19.8 Å². The first kappa shape index (κ1) is 13.5. The molecule has 0 fully saturated rings. The van der Waals surface area contributed by atoms with Crippen molar-refractivity contribution in [3.8, 4) is 0 Å². The summed E-state index contributed by atoms with van der Waals surface area (Å²) in [5.74, 6) is -1.74. The average Bonchev–Trinajstić information content (AvgIpc) is 2.41. The number of nitrogens with two attached hydrogens (primary N) is 1. The second-order valence-electron chi connectivity index (χ2n) is 4.64. The van der Waals surface area contributed by atoms with Crippen LogP contribution in [0.4, 0.5) is 14.5 Å². The first-order chi connectivity index (χ1) is 8.99.